The van der Waals surface area contributed by atoms with Crippen molar-refractivity contribution in [2.45, 2.75) is 40.2 Å². The van der Waals surface area contributed by atoms with Crippen LogP contribution in [0.1, 0.15) is 37.0 Å². The molecule has 0 aromatic heterocycles. The summed E-state index contributed by atoms with van der Waals surface area (Å²) in [6.45, 7) is 7.87. The molecule has 0 spiro atoms. The highest BCUT2D eigenvalue weighted by molar-refractivity contribution is 9.10. The van der Waals surface area contributed by atoms with Crippen molar-refractivity contribution in [3.63, 3.8) is 0 Å². The Labute approximate surface area is 201 Å². The van der Waals surface area contributed by atoms with Crippen LogP contribution in [0, 0.1) is 13.8 Å². The van der Waals surface area contributed by atoms with Crippen LogP contribution in [0.3, 0.4) is 0 Å². The van der Waals surface area contributed by atoms with Crippen LogP contribution in [-0.4, -0.2) is 30.1 Å². The maximum Gasteiger partial charge on any atom is 0.270 e. The van der Waals surface area contributed by atoms with E-state index in [2.05, 4.69) is 21.2 Å². The van der Waals surface area contributed by atoms with Gasteiger partial charge in [0.2, 0.25) is 0 Å². The largest absolute Gasteiger partial charge is 0.493 e. The van der Waals surface area contributed by atoms with Crippen LogP contribution in [0.5, 0.6) is 11.5 Å². The van der Waals surface area contributed by atoms with Crippen molar-refractivity contribution in [1.29, 1.82) is 0 Å². The lowest BCUT2D eigenvalue weighted by Crippen LogP contribution is -2.54. The van der Waals surface area contributed by atoms with Crippen LogP contribution in [0.2, 0.25) is 0 Å². The second-order valence-electron chi connectivity index (χ2n) is 7.55. The van der Waals surface area contributed by atoms with E-state index in [-0.39, 0.29) is 16.8 Å². The third-order valence-corrected chi connectivity index (χ3v) is 6.25. The summed E-state index contributed by atoms with van der Waals surface area (Å²) < 4.78 is 12.1. The predicted octanol–water partition coefficient (Wildman–Crippen LogP) is 5.08. The molecule has 3 rings (SSSR count). The summed E-state index contributed by atoms with van der Waals surface area (Å²) in [6, 6.07) is 9.13. The van der Waals surface area contributed by atoms with Crippen molar-refractivity contribution in [2.24, 2.45) is 0 Å². The third kappa shape index (κ3) is 4.71. The number of carbonyl (C=O) groups is 2. The van der Waals surface area contributed by atoms with Gasteiger partial charge in [-0.1, -0.05) is 19.1 Å². The van der Waals surface area contributed by atoms with Crippen molar-refractivity contribution >= 4 is 56.8 Å². The summed E-state index contributed by atoms with van der Waals surface area (Å²) in [5.41, 5.74) is 3.16. The number of ether oxygens (including phenoxy) is 2. The van der Waals surface area contributed by atoms with Gasteiger partial charge in [0.15, 0.2) is 16.6 Å². The maximum absolute atomic E-state index is 13.3. The van der Waals surface area contributed by atoms with Gasteiger partial charge >= 0.3 is 0 Å². The number of aryl methyl sites for hydroxylation is 1. The average Bonchev–Trinajstić information content (AvgIpc) is 2.75. The Morgan fingerprint density at radius 3 is 2.62 bits per heavy atom. The highest BCUT2D eigenvalue weighted by Gasteiger charge is 2.35. The zero-order valence-electron chi connectivity index (χ0n) is 18.6. The smallest absolute Gasteiger partial charge is 0.270 e. The zero-order chi connectivity index (χ0) is 23.6. The molecule has 8 heteroatoms. The number of hydrogen-bond acceptors (Lipinski definition) is 5. The summed E-state index contributed by atoms with van der Waals surface area (Å²) in [6.07, 6.45) is 2.37. The first-order valence-electron chi connectivity index (χ1n) is 10.2. The minimum Gasteiger partial charge on any atom is -0.493 e. The first-order valence-corrected chi connectivity index (χ1v) is 11.4. The molecule has 0 unspecified atom stereocenters. The van der Waals surface area contributed by atoms with Crippen molar-refractivity contribution < 1.29 is 19.1 Å². The lowest BCUT2D eigenvalue weighted by Gasteiger charge is -2.30. The second kappa shape index (κ2) is 9.83. The number of nitrogens with zero attached hydrogens (tertiary/aromatic N) is 1. The maximum atomic E-state index is 13.3. The summed E-state index contributed by atoms with van der Waals surface area (Å²) in [7, 11) is 1.54. The fraction of sp³-hybridized carbons (Fsp3) is 0.292. The third-order valence-electron chi connectivity index (χ3n) is 5.38. The number of benzene rings is 2. The van der Waals surface area contributed by atoms with Gasteiger partial charge in [0.1, 0.15) is 5.57 Å². The number of methoxy groups -OCH3 is 1. The molecule has 2 aromatic carbocycles. The molecule has 32 heavy (non-hydrogen) atoms. The van der Waals surface area contributed by atoms with Crippen LogP contribution >= 0.6 is 28.1 Å². The lowest BCUT2D eigenvalue weighted by atomic mass is 10.0. The molecule has 0 radical (unpaired) electrons. The molecule has 1 atom stereocenters. The van der Waals surface area contributed by atoms with Crippen LogP contribution < -0.4 is 19.7 Å². The molecular formula is C24H25BrN2O4S. The van der Waals surface area contributed by atoms with E-state index in [9.17, 15) is 9.59 Å². The fourth-order valence-electron chi connectivity index (χ4n) is 3.24. The van der Waals surface area contributed by atoms with Crippen molar-refractivity contribution in [3.8, 4) is 11.5 Å². The summed E-state index contributed by atoms with van der Waals surface area (Å²) in [4.78, 5) is 27.4. The quantitative estimate of drug-likeness (QED) is 0.329. The van der Waals surface area contributed by atoms with Gasteiger partial charge in [0, 0.05) is 0 Å². The molecule has 0 aliphatic carbocycles. The number of amides is 2. The Morgan fingerprint density at radius 1 is 1.25 bits per heavy atom. The Balaban J connectivity index is 2.04. The van der Waals surface area contributed by atoms with Gasteiger partial charge in [-0.2, -0.15) is 0 Å². The monoisotopic (exact) mass is 516 g/mol. The van der Waals surface area contributed by atoms with E-state index in [0.717, 1.165) is 17.5 Å². The molecule has 0 saturated carbocycles. The number of nitrogens with one attached hydrogen (secondary N) is 1. The number of carbonyl (C=O) groups excluding carboxylic acids is 2. The van der Waals surface area contributed by atoms with E-state index in [0.29, 0.717) is 27.2 Å². The van der Waals surface area contributed by atoms with Crippen molar-refractivity contribution in [3.05, 3.63) is 57.1 Å². The first kappa shape index (κ1) is 23.9. The normalized spacial score (nSPS) is 16.2. The molecule has 1 fully saturated rings. The van der Waals surface area contributed by atoms with Crippen LogP contribution in [0.4, 0.5) is 5.69 Å². The molecule has 1 aliphatic rings. The van der Waals surface area contributed by atoms with Crippen molar-refractivity contribution in [1.82, 2.24) is 5.32 Å². The average molecular weight is 517 g/mol. The summed E-state index contributed by atoms with van der Waals surface area (Å²) in [5.74, 6) is 0.0396. The number of anilines is 1. The minimum atomic E-state index is -0.545. The highest BCUT2D eigenvalue weighted by atomic mass is 79.9. The van der Waals surface area contributed by atoms with E-state index in [1.807, 2.05) is 45.9 Å². The molecule has 1 aliphatic heterocycles. The van der Waals surface area contributed by atoms with Crippen LogP contribution in [0.25, 0.3) is 6.08 Å². The number of hydrogen-bond donors (Lipinski definition) is 1. The Morgan fingerprint density at radius 2 is 1.97 bits per heavy atom. The lowest BCUT2D eigenvalue weighted by molar-refractivity contribution is -0.122. The fourth-order valence-corrected chi connectivity index (χ4v) is 4.07. The number of thiocarbonyl (C=S) groups is 1. The standard InChI is InChI=1S/C24H25BrN2O4S/c1-6-14(3)31-21-18(25)11-16(12-20(21)30-5)10-17-22(28)26-24(32)27(23(17)29)19-9-7-8-13(2)15(19)4/h7-12,14H,6H2,1-5H3,(H,26,28,32)/b17-10+/t14-/m0/s1. The Hall–Kier alpha value is -2.71. The van der Waals surface area contributed by atoms with Gasteiger partial charge in [-0.3, -0.25) is 19.8 Å². The number of halogens is 1. The van der Waals surface area contributed by atoms with Gasteiger partial charge in [0.25, 0.3) is 11.8 Å². The predicted molar refractivity (Wildman–Crippen MR) is 133 cm³/mol. The molecule has 1 N–H and O–H groups in total. The topological polar surface area (TPSA) is 67.9 Å². The number of rotatable bonds is 6. The SMILES string of the molecule is CC[C@H](C)Oc1c(Br)cc(/C=C2\C(=O)NC(=S)N(c3cccc(C)c3C)C2=O)cc1OC. The first-order chi connectivity index (χ1) is 15.2. The molecule has 6 nitrogen and oxygen atoms in total. The molecule has 168 valence electrons. The highest BCUT2D eigenvalue weighted by Crippen LogP contribution is 2.38. The minimum absolute atomic E-state index is 0.00208. The summed E-state index contributed by atoms with van der Waals surface area (Å²) >= 11 is 8.83. The van der Waals surface area contributed by atoms with Gasteiger partial charge < -0.3 is 9.47 Å². The summed E-state index contributed by atoms with van der Waals surface area (Å²) in [5, 5.41) is 2.68. The molecular weight excluding hydrogens is 492 g/mol. The molecule has 2 aromatic rings. The van der Waals surface area contributed by atoms with E-state index in [4.69, 9.17) is 21.7 Å². The van der Waals surface area contributed by atoms with E-state index in [1.165, 1.54) is 11.0 Å². The van der Waals surface area contributed by atoms with Crippen LogP contribution in [-0.2, 0) is 9.59 Å². The Kier molecular flexibility index (Phi) is 7.36. The van der Waals surface area contributed by atoms with E-state index < -0.39 is 11.8 Å². The van der Waals surface area contributed by atoms with Gasteiger partial charge in [0.05, 0.1) is 23.4 Å². The van der Waals surface area contributed by atoms with Gasteiger partial charge in [-0.05, 0) is 96.3 Å². The molecule has 0 bridgehead atoms. The van der Waals surface area contributed by atoms with E-state index >= 15 is 0 Å². The zero-order valence-corrected chi connectivity index (χ0v) is 21.0. The molecule has 1 saturated heterocycles. The van der Waals surface area contributed by atoms with Gasteiger partial charge in [-0.25, -0.2) is 0 Å². The van der Waals surface area contributed by atoms with Crippen LogP contribution in [0.15, 0.2) is 40.4 Å². The Bertz CT molecular complexity index is 1130. The molecule has 2 amide bonds. The van der Waals surface area contributed by atoms with Gasteiger partial charge in [-0.15, -0.1) is 0 Å². The van der Waals surface area contributed by atoms with E-state index in [1.54, 1.807) is 19.2 Å². The second-order valence-corrected chi connectivity index (χ2v) is 8.79. The van der Waals surface area contributed by atoms with Crippen molar-refractivity contribution in [2.75, 3.05) is 12.0 Å². The molecule has 1 heterocycles.